The van der Waals surface area contributed by atoms with E-state index in [1.165, 1.54) is 96.3 Å². The number of hydrogen-bond acceptors (Lipinski definition) is 3. The smallest absolute Gasteiger partial charge is 0.331 e. The Bertz CT molecular complexity index is 459. The maximum Gasteiger partial charge on any atom is 0.331 e. The Morgan fingerprint density at radius 3 is 1.39 bits per heavy atom. The van der Waals surface area contributed by atoms with Crippen molar-refractivity contribution in [1.29, 1.82) is 0 Å². The van der Waals surface area contributed by atoms with E-state index in [0.29, 0.717) is 6.42 Å². The molecule has 5 heteroatoms. The summed E-state index contributed by atoms with van der Waals surface area (Å²) >= 11 is 0. The van der Waals surface area contributed by atoms with Gasteiger partial charge in [0.15, 0.2) is 0 Å². The van der Waals surface area contributed by atoms with Crippen molar-refractivity contribution in [2.75, 3.05) is 13.2 Å². The lowest BCUT2D eigenvalue weighted by Crippen LogP contribution is -2.04. The van der Waals surface area contributed by atoms with E-state index < -0.39 is 11.9 Å². The van der Waals surface area contributed by atoms with Crippen LogP contribution in [0.15, 0.2) is 11.6 Å². The van der Waals surface area contributed by atoms with Crippen molar-refractivity contribution in [3.63, 3.8) is 0 Å². The first-order valence-electron chi connectivity index (χ1n) is 12.8. The molecule has 0 unspecified atom stereocenters. The van der Waals surface area contributed by atoms with Gasteiger partial charge in [0.05, 0.1) is 0 Å². The number of carboxylic acids is 2. The molecular formula is C26H48O5. The lowest BCUT2D eigenvalue weighted by atomic mass is 10.0. The summed E-state index contributed by atoms with van der Waals surface area (Å²) < 4.78 is 5.59. The number of hydrogen-bond donors (Lipinski definition) is 2. The number of carboxylic acid groups (broad SMARTS) is 2. The normalized spacial score (nSPS) is 11.7. The van der Waals surface area contributed by atoms with Crippen molar-refractivity contribution >= 4 is 11.9 Å². The molecule has 0 aliphatic heterocycles. The molecule has 0 spiro atoms. The topological polar surface area (TPSA) is 83.8 Å². The number of carbonyl (C=O) groups is 2. The van der Waals surface area contributed by atoms with Gasteiger partial charge in [0.25, 0.3) is 0 Å². The fourth-order valence-electron chi connectivity index (χ4n) is 3.73. The van der Waals surface area contributed by atoms with Gasteiger partial charge in [-0.25, -0.2) is 9.59 Å². The summed E-state index contributed by atoms with van der Waals surface area (Å²) in [4.78, 5) is 21.5. The number of ether oxygens (including phenoxy) is 1. The van der Waals surface area contributed by atoms with Gasteiger partial charge >= 0.3 is 11.9 Å². The highest BCUT2D eigenvalue weighted by atomic mass is 16.5. The quantitative estimate of drug-likeness (QED) is 0.120. The van der Waals surface area contributed by atoms with Crippen molar-refractivity contribution in [3.05, 3.63) is 11.6 Å². The molecule has 2 N–H and O–H groups in total. The highest BCUT2D eigenvalue weighted by Crippen LogP contribution is 2.15. The van der Waals surface area contributed by atoms with Gasteiger partial charge in [-0.2, -0.15) is 0 Å². The minimum atomic E-state index is -1.18. The minimum absolute atomic E-state index is 0.0000882. The van der Waals surface area contributed by atoms with Crippen LogP contribution in [0.5, 0.6) is 0 Å². The second-order valence-corrected chi connectivity index (χ2v) is 8.69. The zero-order valence-electron chi connectivity index (χ0n) is 20.0. The zero-order chi connectivity index (χ0) is 23.0. The standard InChI is InChI=1S/C26H48O5/c1-2-3-21-31-22-19-17-15-13-11-9-7-5-4-6-8-10-12-14-16-18-20-24(26(29)30)23-25(27)28/h23H,2-22H2,1H3,(H,27,28)(H,29,30)/b24-23-. The van der Waals surface area contributed by atoms with Crippen LogP contribution < -0.4 is 0 Å². The molecule has 0 radical (unpaired) electrons. The molecule has 0 aromatic heterocycles. The molecule has 0 aliphatic rings. The third-order valence-electron chi connectivity index (χ3n) is 5.70. The fourth-order valence-corrected chi connectivity index (χ4v) is 3.73. The summed E-state index contributed by atoms with van der Waals surface area (Å²) in [6, 6.07) is 0. The molecule has 0 bridgehead atoms. The predicted octanol–water partition coefficient (Wildman–Crippen LogP) is 7.53. The van der Waals surface area contributed by atoms with Crippen molar-refractivity contribution in [2.45, 2.75) is 129 Å². The molecule has 0 saturated heterocycles. The maximum atomic E-state index is 10.9. The summed E-state index contributed by atoms with van der Waals surface area (Å²) in [5.74, 6) is -2.30. The van der Waals surface area contributed by atoms with Crippen LogP contribution in [-0.2, 0) is 14.3 Å². The summed E-state index contributed by atoms with van der Waals surface area (Å²) in [7, 11) is 0. The molecule has 0 amide bonds. The molecule has 0 rings (SSSR count). The first-order chi connectivity index (χ1) is 15.1. The Hall–Kier alpha value is -1.36. The fraction of sp³-hybridized carbons (Fsp3) is 0.846. The van der Waals surface area contributed by atoms with E-state index >= 15 is 0 Å². The molecular weight excluding hydrogens is 392 g/mol. The molecule has 0 aromatic rings. The lowest BCUT2D eigenvalue weighted by Gasteiger charge is -2.05. The number of rotatable bonds is 24. The average molecular weight is 441 g/mol. The molecule has 0 heterocycles. The van der Waals surface area contributed by atoms with Crippen molar-refractivity contribution < 1.29 is 24.5 Å². The van der Waals surface area contributed by atoms with E-state index in [-0.39, 0.29) is 5.57 Å². The monoisotopic (exact) mass is 440 g/mol. The van der Waals surface area contributed by atoms with Crippen molar-refractivity contribution in [2.24, 2.45) is 0 Å². The van der Waals surface area contributed by atoms with E-state index in [1.807, 2.05) is 0 Å². The van der Waals surface area contributed by atoms with Crippen LogP contribution in [0.3, 0.4) is 0 Å². The average Bonchev–Trinajstić information content (AvgIpc) is 2.73. The van der Waals surface area contributed by atoms with E-state index in [9.17, 15) is 9.59 Å². The third kappa shape index (κ3) is 23.1. The van der Waals surface area contributed by atoms with Crippen LogP contribution in [0.2, 0.25) is 0 Å². The van der Waals surface area contributed by atoms with Gasteiger partial charge in [-0.05, 0) is 25.7 Å². The molecule has 0 aromatic carbocycles. The van der Waals surface area contributed by atoms with Gasteiger partial charge in [0, 0.05) is 24.9 Å². The van der Waals surface area contributed by atoms with Crippen LogP contribution in [-0.4, -0.2) is 35.4 Å². The molecule has 0 fully saturated rings. The highest BCUT2D eigenvalue weighted by Gasteiger charge is 2.08. The van der Waals surface area contributed by atoms with Crippen LogP contribution in [0, 0.1) is 0 Å². The maximum absolute atomic E-state index is 10.9. The first-order valence-corrected chi connectivity index (χ1v) is 12.8. The summed E-state index contributed by atoms with van der Waals surface area (Å²) in [5.41, 5.74) is -0.0000882. The highest BCUT2D eigenvalue weighted by molar-refractivity contribution is 5.94. The summed E-state index contributed by atoms with van der Waals surface area (Å²) in [6.45, 7) is 4.07. The number of aliphatic carboxylic acids is 2. The van der Waals surface area contributed by atoms with Gasteiger partial charge in [0.2, 0.25) is 0 Å². The van der Waals surface area contributed by atoms with Crippen LogP contribution in [0.25, 0.3) is 0 Å². The van der Waals surface area contributed by atoms with E-state index in [2.05, 4.69) is 6.92 Å². The Kier molecular flexibility index (Phi) is 22.3. The van der Waals surface area contributed by atoms with E-state index in [1.54, 1.807) is 0 Å². The first kappa shape index (κ1) is 29.6. The van der Waals surface area contributed by atoms with Crippen molar-refractivity contribution in [1.82, 2.24) is 0 Å². The van der Waals surface area contributed by atoms with Crippen LogP contribution in [0.4, 0.5) is 0 Å². The molecule has 0 aliphatic carbocycles. The molecule has 31 heavy (non-hydrogen) atoms. The SMILES string of the molecule is CCCCOCCCCCCCCCCCCCCCCCC/C(=C/C(=O)O)C(=O)O. The second-order valence-electron chi connectivity index (χ2n) is 8.69. The molecule has 0 atom stereocenters. The second kappa shape index (κ2) is 23.3. The predicted molar refractivity (Wildman–Crippen MR) is 128 cm³/mol. The largest absolute Gasteiger partial charge is 0.478 e. The minimum Gasteiger partial charge on any atom is -0.478 e. The summed E-state index contributed by atoms with van der Waals surface area (Å²) in [5, 5.41) is 17.6. The molecule has 182 valence electrons. The van der Waals surface area contributed by atoms with Gasteiger partial charge < -0.3 is 14.9 Å². The summed E-state index contributed by atoms with van der Waals surface area (Å²) in [6.07, 6.45) is 23.5. The van der Waals surface area contributed by atoms with Gasteiger partial charge in [-0.1, -0.05) is 103 Å². The Morgan fingerprint density at radius 1 is 0.613 bits per heavy atom. The van der Waals surface area contributed by atoms with Gasteiger partial charge in [-0.15, -0.1) is 0 Å². The van der Waals surface area contributed by atoms with Crippen molar-refractivity contribution in [3.8, 4) is 0 Å². The number of unbranched alkanes of at least 4 members (excludes halogenated alkanes) is 16. The van der Waals surface area contributed by atoms with E-state index in [0.717, 1.165) is 38.6 Å². The Morgan fingerprint density at radius 2 is 1.00 bits per heavy atom. The van der Waals surface area contributed by atoms with Crippen LogP contribution >= 0.6 is 0 Å². The third-order valence-corrected chi connectivity index (χ3v) is 5.70. The van der Waals surface area contributed by atoms with Gasteiger partial charge in [0.1, 0.15) is 0 Å². The lowest BCUT2D eigenvalue weighted by molar-refractivity contribution is -0.135. The Balaban J connectivity index is 3.23. The van der Waals surface area contributed by atoms with Crippen LogP contribution in [0.1, 0.15) is 129 Å². The van der Waals surface area contributed by atoms with Gasteiger partial charge in [-0.3, -0.25) is 0 Å². The Labute approximate surface area is 190 Å². The van der Waals surface area contributed by atoms with E-state index in [4.69, 9.17) is 14.9 Å². The molecule has 0 saturated carbocycles. The zero-order valence-corrected chi connectivity index (χ0v) is 20.0. The molecule has 5 nitrogen and oxygen atoms in total.